The first-order valence-electron chi connectivity index (χ1n) is 7.63. The van der Waals surface area contributed by atoms with Gasteiger partial charge < -0.3 is 15.4 Å². The summed E-state index contributed by atoms with van der Waals surface area (Å²) in [6, 6.07) is 15.9. The Morgan fingerprint density at radius 3 is 2.46 bits per heavy atom. The lowest BCUT2D eigenvalue weighted by atomic mass is 10.2. The molecule has 0 aliphatic rings. The third-order valence-corrected chi connectivity index (χ3v) is 3.40. The van der Waals surface area contributed by atoms with Crippen LogP contribution in [0.4, 0.5) is 0 Å². The van der Waals surface area contributed by atoms with Gasteiger partial charge in [-0.15, -0.1) is 0 Å². The highest BCUT2D eigenvalue weighted by atomic mass is 35.5. The Labute approximate surface area is 146 Å². The maximum Gasteiger partial charge on any atom is 0.251 e. The quantitative estimate of drug-likeness (QED) is 0.722. The van der Waals surface area contributed by atoms with E-state index in [1.54, 1.807) is 48.5 Å². The number of amides is 2. The highest BCUT2D eigenvalue weighted by molar-refractivity contribution is 6.30. The topological polar surface area (TPSA) is 67.4 Å². The number of hydrogen-bond acceptors (Lipinski definition) is 3. The SMILES string of the molecule is O=C(CCOc1cccc(Cl)c1)NCCNC(=O)c1ccccc1. The van der Waals surface area contributed by atoms with Gasteiger partial charge in [-0.05, 0) is 30.3 Å². The van der Waals surface area contributed by atoms with Gasteiger partial charge in [0.2, 0.25) is 5.91 Å². The van der Waals surface area contributed by atoms with Crippen LogP contribution in [0.15, 0.2) is 54.6 Å². The van der Waals surface area contributed by atoms with Crippen LogP contribution >= 0.6 is 11.6 Å². The molecule has 0 bridgehead atoms. The Hall–Kier alpha value is -2.53. The van der Waals surface area contributed by atoms with Crippen LogP contribution < -0.4 is 15.4 Å². The molecule has 0 saturated heterocycles. The molecule has 2 aromatic rings. The number of ether oxygens (including phenoxy) is 1. The van der Waals surface area contributed by atoms with Gasteiger partial charge in [0, 0.05) is 23.7 Å². The minimum absolute atomic E-state index is 0.133. The number of halogens is 1. The van der Waals surface area contributed by atoms with E-state index in [0.717, 1.165) is 0 Å². The molecule has 6 heteroatoms. The van der Waals surface area contributed by atoms with Crippen molar-refractivity contribution < 1.29 is 14.3 Å². The molecule has 0 aliphatic heterocycles. The van der Waals surface area contributed by atoms with E-state index in [1.165, 1.54) is 0 Å². The van der Waals surface area contributed by atoms with Crippen molar-refractivity contribution in [3.05, 3.63) is 65.2 Å². The Morgan fingerprint density at radius 2 is 1.71 bits per heavy atom. The number of hydrogen-bond donors (Lipinski definition) is 2. The molecule has 0 fully saturated rings. The van der Waals surface area contributed by atoms with Crippen molar-refractivity contribution in [2.24, 2.45) is 0 Å². The highest BCUT2D eigenvalue weighted by Crippen LogP contribution is 2.17. The van der Waals surface area contributed by atoms with Crippen molar-refractivity contribution in [2.75, 3.05) is 19.7 Å². The number of carbonyl (C=O) groups is 2. The first-order chi connectivity index (χ1) is 11.6. The number of rotatable bonds is 8. The van der Waals surface area contributed by atoms with E-state index < -0.39 is 0 Å². The fourth-order valence-corrected chi connectivity index (χ4v) is 2.16. The van der Waals surface area contributed by atoms with Crippen molar-refractivity contribution in [1.29, 1.82) is 0 Å². The Morgan fingerprint density at radius 1 is 0.958 bits per heavy atom. The Bertz CT molecular complexity index is 677. The van der Waals surface area contributed by atoms with E-state index in [4.69, 9.17) is 16.3 Å². The first-order valence-corrected chi connectivity index (χ1v) is 8.01. The molecule has 0 heterocycles. The molecule has 2 aromatic carbocycles. The van der Waals surface area contributed by atoms with Crippen molar-refractivity contribution in [3.8, 4) is 5.75 Å². The van der Waals surface area contributed by atoms with Crippen molar-refractivity contribution in [3.63, 3.8) is 0 Å². The fraction of sp³-hybridized carbons (Fsp3) is 0.222. The molecule has 126 valence electrons. The molecule has 24 heavy (non-hydrogen) atoms. The zero-order valence-electron chi connectivity index (χ0n) is 13.1. The zero-order valence-corrected chi connectivity index (χ0v) is 13.9. The zero-order chi connectivity index (χ0) is 17.2. The van der Waals surface area contributed by atoms with Gasteiger partial charge in [0.05, 0.1) is 13.0 Å². The van der Waals surface area contributed by atoms with Gasteiger partial charge in [0.1, 0.15) is 5.75 Å². The molecule has 0 atom stereocenters. The molecule has 2 N–H and O–H groups in total. The van der Waals surface area contributed by atoms with Crippen LogP contribution in [0.1, 0.15) is 16.8 Å². The normalized spacial score (nSPS) is 10.0. The molecule has 2 amide bonds. The summed E-state index contributed by atoms with van der Waals surface area (Å²) in [6.45, 7) is 1.01. The second kappa shape index (κ2) is 9.57. The summed E-state index contributed by atoms with van der Waals surface area (Å²) in [6.07, 6.45) is 0.235. The van der Waals surface area contributed by atoms with E-state index in [9.17, 15) is 9.59 Å². The van der Waals surface area contributed by atoms with Crippen LogP contribution in [0, 0.1) is 0 Å². The van der Waals surface area contributed by atoms with Crippen LogP contribution in [-0.2, 0) is 4.79 Å². The van der Waals surface area contributed by atoms with E-state index in [1.807, 2.05) is 6.07 Å². The molecular formula is C18H19ClN2O3. The molecule has 2 rings (SSSR count). The monoisotopic (exact) mass is 346 g/mol. The first kappa shape index (κ1) is 17.8. The van der Waals surface area contributed by atoms with Crippen molar-refractivity contribution in [2.45, 2.75) is 6.42 Å². The molecule has 5 nitrogen and oxygen atoms in total. The van der Waals surface area contributed by atoms with Crippen LogP contribution in [0.3, 0.4) is 0 Å². The summed E-state index contributed by atoms with van der Waals surface area (Å²) in [4.78, 5) is 23.5. The largest absolute Gasteiger partial charge is 0.493 e. The fourth-order valence-electron chi connectivity index (χ4n) is 1.98. The van der Waals surface area contributed by atoms with E-state index in [0.29, 0.717) is 29.4 Å². The second-order valence-corrected chi connectivity index (χ2v) is 5.46. The smallest absolute Gasteiger partial charge is 0.251 e. The maximum absolute atomic E-state index is 11.8. The van der Waals surface area contributed by atoms with Crippen LogP contribution in [0.2, 0.25) is 5.02 Å². The molecule has 0 radical (unpaired) electrons. The van der Waals surface area contributed by atoms with Crippen LogP contribution in [-0.4, -0.2) is 31.5 Å². The van der Waals surface area contributed by atoms with E-state index in [2.05, 4.69) is 10.6 Å². The van der Waals surface area contributed by atoms with Crippen molar-refractivity contribution in [1.82, 2.24) is 10.6 Å². The van der Waals surface area contributed by atoms with Crippen LogP contribution in [0.5, 0.6) is 5.75 Å². The minimum atomic E-state index is -0.158. The predicted octanol–water partition coefficient (Wildman–Crippen LogP) is 2.66. The summed E-state index contributed by atoms with van der Waals surface area (Å²) < 4.78 is 5.44. The maximum atomic E-state index is 11.8. The molecule has 0 unspecified atom stereocenters. The number of nitrogens with one attached hydrogen (secondary N) is 2. The van der Waals surface area contributed by atoms with E-state index >= 15 is 0 Å². The molecule has 0 aromatic heterocycles. The Balaban J connectivity index is 1.57. The van der Waals surface area contributed by atoms with Gasteiger partial charge in [0.25, 0.3) is 5.91 Å². The number of carbonyl (C=O) groups excluding carboxylic acids is 2. The minimum Gasteiger partial charge on any atom is -0.493 e. The average Bonchev–Trinajstić information content (AvgIpc) is 2.59. The van der Waals surface area contributed by atoms with Crippen LogP contribution in [0.25, 0.3) is 0 Å². The lowest BCUT2D eigenvalue weighted by Gasteiger charge is -2.08. The van der Waals surface area contributed by atoms with Gasteiger partial charge in [0.15, 0.2) is 0 Å². The summed E-state index contributed by atoms with van der Waals surface area (Å²) in [7, 11) is 0. The van der Waals surface area contributed by atoms with Crippen molar-refractivity contribution >= 4 is 23.4 Å². The van der Waals surface area contributed by atoms with Gasteiger partial charge in [-0.25, -0.2) is 0 Å². The summed E-state index contributed by atoms with van der Waals surface area (Å²) in [5.74, 6) is 0.338. The number of benzene rings is 2. The molecule has 0 aliphatic carbocycles. The lowest BCUT2D eigenvalue weighted by molar-refractivity contribution is -0.121. The standard InChI is InChI=1S/C18H19ClN2O3/c19-15-7-4-8-16(13-15)24-12-9-17(22)20-10-11-21-18(23)14-5-2-1-3-6-14/h1-8,13H,9-12H2,(H,20,22)(H,21,23). The van der Waals surface area contributed by atoms with Gasteiger partial charge in [-0.2, -0.15) is 0 Å². The molecule has 0 spiro atoms. The Kier molecular flexibility index (Phi) is 7.11. The summed E-state index contributed by atoms with van der Waals surface area (Å²) in [5, 5.41) is 6.06. The third kappa shape index (κ3) is 6.30. The average molecular weight is 347 g/mol. The van der Waals surface area contributed by atoms with E-state index in [-0.39, 0.29) is 24.8 Å². The second-order valence-electron chi connectivity index (χ2n) is 5.03. The summed E-state index contributed by atoms with van der Waals surface area (Å²) in [5.41, 5.74) is 0.596. The predicted molar refractivity (Wildman–Crippen MR) is 93.3 cm³/mol. The molecule has 0 saturated carbocycles. The third-order valence-electron chi connectivity index (χ3n) is 3.16. The van der Waals surface area contributed by atoms with Gasteiger partial charge >= 0.3 is 0 Å². The van der Waals surface area contributed by atoms with Gasteiger partial charge in [-0.1, -0.05) is 35.9 Å². The van der Waals surface area contributed by atoms with Gasteiger partial charge in [-0.3, -0.25) is 9.59 Å². The molecular weight excluding hydrogens is 328 g/mol. The highest BCUT2D eigenvalue weighted by Gasteiger charge is 2.05. The summed E-state index contributed by atoms with van der Waals surface area (Å²) >= 11 is 5.85. The lowest BCUT2D eigenvalue weighted by Crippen LogP contribution is -2.35.